The number of sulfonamides is 1. The highest BCUT2D eigenvalue weighted by atomic mass is 35.5. The van der Waals surface area contributed by atoms with E-state index < -0.39 is 16.3 Å². The smallest absolute Gasteiger partial charge is 0.229 e. The summed E-state index contributed by atoms with van der Waals surface area (Å²) in [5.41, 5.74) is 2.61. The first-order chi connectivity index (χ1) is 15.3. The molecule has 0 saturated carbocycles. The molecule has 1 heterocycles. The van der Waals surface area contributed by atoms with Crippen molar-refractivity contribution in [1.82, 2.24) is 5.32 Å². The predicted octanol–water partition coefficient (Wildman–Crippen LogP) is 4.14. The number of rotatable bonds is 9. The third-order valence-electron chi connectivity index (χ3n) is 4.86. The van der Waals surface area contributed by atoms with Gasteiger partial charge in [-0.3, -0.25) is 10.0 Å². The second kappa shape index (κ2) is 9.38. The van der Waals surface area contributed by atoms with Gasteiger partial charge in [0.25, 0.3) is 0 Å². The number of aliphatic hydroxyl groups is 1. The summed E-state index contributed by atoms with van der Waals surface area (Å²) in [7, 11) is -3.45. The molecule has 1 unspecified atom stereocenters. The molecule has 1 atom stereocenters. The molecule has 0 aliphatic heterocycles. The van der Waals surface area contributed by atoms with Gasteiger partial charge in [-0.05, 0) is 35.9 Å². The number of aliphatic hydroxyl groups excluding tert-OH is 1. The molecule has 3 aromatic carbocycles. The van der Waals surface area contributed by atoms with Gasteiger partial charge in [0, 0.05) is 29.8 Å². The van der Waals surface area contributed by atoms with E-state index in [0.717, 1.165) is 33.8 Å². The lowest BCUT2D eigenvalue weighted by atomic mass is 10.1. The summed E-state index contributed by atoms with van der Waals surface area (Å²) >= 11 is 6.03. The summed E-state index contributed by atoms with van der Waals surface area (Å²) in [5.74, 6) is 0.682. The van der Waals surface area contributed by atoms with E-state index in [4.69, 9.17) is 20.8 Å². The van der Waals surface area contributed by atoms with Crippen molar-refractivity contribution in [3.8, 4) is 5.75 Å². The van der Waals surface area contributed by atoms with Crippen molar-refractivity contribution in [2.75, 3.05) is 24.1 Å². The Labute approximate surface area is 191 Å². The maximum atomic E-state index is 11.4. The largest absolute Gasteiger partial charge is 0.492 e. The third kappa shape index (κ3) is 5.52. The van der Waals surface area contributed by atoms with Gasteiger partial charge in [0.15, 0.2) is 0 Å². The van der Waals surface area contributed by atoms with E-state index in [1.165, 1.54) is 0 Å². The molecule has 168 valence electrons. The zero-order valence-electron chi connectivity index (χ0n) is 17.3. The Kier molecular flexibility index (Phi) is 6.57. The molecule has 1 aromatic heterocycles. The van der Waals surface area contributed by atoms with Crippen molar-refractivity contribution >= 4 is 49.3 Å². The van der Waals surface area contributed by atoms with E-state index in [2.05, 4.69) is 10.0 Å². The van der Waals surface area contributed by atoms with Crippen molar-refractivity contribution < 1.29 is 22.7 Å². The number of hydrogen-bond donors (Lipinski definition) is 3. The quantitative estimate of drug-likeness (QED) is 0.249. The molecule has 4 rings (SSSR count). The number of furan rings is 1. The lowest BCUT2D eigenvalue weighted by molar-refractivity contribution is 0.130. The lowest BCUT2D eigenvalue weighted by Gasteiger charge is -2.15. The first-order valence-electron chi connectivity index (χ1n) is 10.0. The van der Waals surface area contributed by atoms with E-state index in [1.54, 1.807) is 18.2 Å². The fourth-order valence-electron chi connectivity index (χ4n) is 3.46. The summed E-state index contributed by atoms with van der Waals surface area (Å²) in [4.78, 5) is 0. The number of fused-ring (bicyclic) bond motifs is 3. The molecule has 0 spiro atoms. The van der Waals surface area contributed by atoms with E-state index in [9.17, 15) is 13.5 Å². The molecule has 4 aromatic rings. The number of nitrogens with one attached hydrogen (secondary N) is 2. The molecule has 0 radical (unpaired) electrons. The van der Waals surface area contributed by atoms with Gasteiger partial charge in [-0.25, -0.2) is 8.42 Å². The summed E-state index contributed by atoms with van der Waals surface area (Å²) < 4.78 is 36.9. The zero-order chi connectivity index (χ0) is 22.7. The fourth-order valence-corrected chi connectivity index (χ4v) is 4.25. The molecule has 0 saturated heterocycles. The van der Waals surface area contributed by atoms with Crippen LogP contribution in [-0.2, 0) is 16.4 Å². The molecule has 9 heteroatoms. The third-order valence-corrected chi connectivity index (χ3v) is 5.78. The van der Waals surface area contributed by atoms with Gasteiger partial charge in [-0.15, -0.1) is 0 Å². The zero-order valence-corrected chi connectivity index (χ0v) is 18.9. The fraction of sp³-hybridized carbons (Fsp3) is 0.217. The SMILES string of the molecule is CS(=O)(=O)Nc1cc(CC(O)NCCOc2ccc3c(c2)oc2ccccc23)ccc1Cl. The molecule has 0 amide bonds. The number of para-hydroxylation sites is 1. The van der Waals surface area contributed by atoms with Gasteiger partial charge in [-0.2, -0.15) is 0 Å². The van der Waals surface area contributed by atoms with Crippen molar-refractivity contribution in [2.24, 2.45) is 0 Å². The average Bonchev–Trinajstić information content (AvgIpc) is 3.10. The van der Waals surface area contributed by atoms with Crippen molar-refractivity contribution in [3.05, 3.63) is 71.2 Å². The highest BCUT2D eigenvalue weighted by molar-refractivity contribution is 7.92. The van der Waals surface area contributed by atoms with Gasteiger partial charge in [0.05, 0.1) is 17.0 Å². The molecule has 3 N–H and O–H groups in total. The Bertz CT molecular complexity index is 1350. The molecular weight excluding hydrogens is 452 g/mol. The van der Waals surface area contributed by atoms with Crippen LogP contribution in [0.5, 0.6) is 5.75 Å². The average molecular weight is 475 g/mol. The maximum absolute atomic E-state index is 11.4. The molecular formula is C23H23ClN2O5S. The monoisotopic (exact) mass is 474 g/mol. The predicted molar refractivity (Wildman–Crippen MR) is 127 cm³/mol. The van der Waals surface area contributed by atoms with E-state index in [-0.39, 0.29) is 17.1 Å². The van der Waals surface area contributed by atoms with Crippen molar-refractivity contribution in [1.29, 1.82) is 0 Å². The van der Waals surface area contributed by atoms with Gasteiger partial charge in [-0.1, -0.05) is 35.9 Å². The Balaban J connectivity index is 1.29. The maximum Gasteiger partial charge on any atom is 0.229 e. The van der Waals surface area contributed by atoms with E-state index >= 15 is 0 Å². The molecule has 0 fully saturated rings. The Morgan fingerprint density at radius 2 is 1.84 bits per heavy atom. The number of halogens is 1. The van der Waals surface area contributed by atoms with Crippen LogP contribution in [0.2, 0.25) is 5.02 Å². The Morgan fingerprint density at radius 3 is 2.66 bits per heavy atom. The van der Waals surface area contributed by atoms with Crippen LogP contribution < -0.4 is 14.8 Å². The molecule has 0 aliphatic carbocycles. The number of hydrogen-bond acceptors (Lipinski definition) is 6. The molecule has 0 aliphatic rings. The van der Waals surface area contributed by atoms with Crippen LogP contribution >= 0.6 is 11.6 Å². The number of benzene rings is 3. The van der Waals surface area contributed by atoms with Crippen molar-refractivity contribution in [3.63, 3.8) is 0 Å². The van der Waals surface area contributed by atoms with Crippen LogP contribution in [0.25, 0.3) is 21.9 Å². The summed E-state index contributed by atoms with van der Waals surface area (Å²) in [6, 6.07) is 18.5. The van der Waals surface area contributed by atoms with Gasteiger partial charge < -0.3 is 14.3 Å². The minimum absolute atomic E-state index is 0.278. The topological polar surface area (TPSA) is 101 Å². The van der Waals surface area contributed by atoms with Crippen LogP contribution in [0.1, 0.15) is 5.56 Å². The van der Waals surface area contributed by atoms with Crippen LogP contribution in [0, 0.1) is 0 Å². The van der Waals surface area contributed by atoms with E-state index in [0.29, 0.717) is 18.9 Å². The number of anilines is 1. The normalized spacial score (nSPS) is 12.8. The second-order valence-corrected chi connectivity index (χ2v) is 9.62. The van der Waals surface area contributed by atoms with Gasteiger partial charge in [0.2, 0.25) is 10.0 Å². The van der Waals surface area contributed by atoms with Gasteiger partial charge in [0.1, 0.15) is 29.8 Å². The highest BCUT2D eigenvalue weighted by Gasteiger charge is 2.11. The van der Waals surface area contributed by atoms with Crippen LogP contribution in [0.15, 0.2) is 65.1 Å². The number of ether oxygens (including phenoxy) is 1. The standard InChI is InChI=1S/C23H23ClN2O5S/c1-32(28,29)26-20-12-15(6-9-19(20)24)13-23(27)25-10-11-30-16-7-8-18-17-4-2-3-5-21(17)31-22(18)14-16/h2-9,12,14,23,25-27H,10-11,13H2,1H3. The Hall–Kier alpha value is -2.78. The Morgan fingerprint density at radius 1 is 1.06 bits per heavy atom. The van der Waals surface area contributed by atoms with E-state index in [1.807, 2.05) is 42.5 Å². The van der Waals surface area contributed by atoms with Gasteiger partial charge >= 0.3 is 0 Å². The lowest BCUT2D eigenvalue weighted by Crippen LogP contribution is -2.34. The first-order valence-corrected chi connectivity index (χ1v) is 12.3. The molecule has 7 nitrogen and oxygen atoms in total. The van der Waals surface area contributed by atoms with Crippen LogP contribution in [-0.4, -0.2) is 39.2 Å². The summed E-state index contributed by atoms with van der Waals surface area (Å²) in [5, 5.41) is 15.6. The molecule has 32 heavy (non-hydrogen) atoms. The highest BCUT2D eigenvalue weighted by Crippen LogP contribution is 2.31. The second-order valence-electron chi connectivity index (χ2n) is 7.47. The van der Waals surface area contributed by atoms with Crippen molar-refractivity contribution in [2.45, 2.75) is 12.6 Å². The van der Waals surface area contributed by atoms with Crippen LogP contribution in [0.4, 0.5) is 5.69 Å². The van der Waals surface area contributed by atoms with Crippen LogP contribution in [0.3, 0.4) is 0 Å². The molecule has 0 bridgehead atoms. The summed E-state index contributed by atoms with van der Waals surface area (Å²) in [6.07, 6.45) is 0.502. The first kappa shape index (κ1) is 22.4. The minimum Gasteiger partial charge on any atom is -0.492 e. The summed E-state index contributed by atoms with van der Waals surface area (Å²) in [6.45, 7) is 0.770. The minimum atomic E-state index is -3.45.